The van der Waals surface area contributed by atoms with Crippen molar-refractivity contribution in [1.29, 1.82) is 0 Å². The molecule has 0 atom stereocenters. The SMILES string of the molecule is CCCc1cc(-c2nnc(SCC(=O)Nc3ccc(Br)cc3Cl)n2CCC)cs1. The molecule has 0 unspecified atom stereocenters. The Labute approximate surface area is 192 Å². The Morgan fingerprint density at radius 1 is 1.28 bits per heavy atom. The third kappa shape index (κ3) is 5.84. The van der Waals surface area contributed by atoms with Crippen LogP contribution in [0.15, 0.2) is 39.3 Å². The van der Waals surface area contributed by atoms with Crippen LogP contribution in [0.25, 0.3) is 11.4 Å². The van der Waals surface area contributed by atoms with Crippen LogP contribution in [0.2, 0.25) is 5.02 Å². The second-order valence-corrected chi connectivity index (χ2v) is 9.73. The average Bonchev–Trinajstić information content (AvgIpc) is 3.30. The van der Waals surface area contributed by atoms with Crippen LogP contribution in [0.3, 0.4) is 0 Å². The molecule has 3 rings (SSSR count). The first-order valence-corrected chi connectivity index (χ1v) is 12.4. The van der Waals surface area contributed by atoms with Crippen LogP contribution >= 0.6 is 50.6 Å². The number of carbonyl (C=O) groups is 1. The van der Waals surface area contributed by atoms with Crippen LogP contribution in [0.5, 0.6) is 0 Å². The number of thioether (sulfide) groups is 1. The lowest BCUT2D eigenvalue weighted by atomic mass is 10.2. The Kier molecular flexibility index (Phi) is 8.17. The smallest absolute Gasteiger partial charge is 0.234 e. The summed E-state index contributed by atoms with van der Waals surface area (Å²) in [5.41, 5.74) is 1.69. The zero-order valence-corrected chi connectivity index (χ0v) is 20.2. The number of carbonyl (C=O) groups excluding carboxylic acids is 1. The summed E-state index contributed by atoms with van der Waals surface area (Å²) < 4.78 is 2.97. The van der Waals surface area contributed by atoms with E-state index in [1.165, 1.54) is 16.6 Å². The number of aromatic nitrogens is 3. The van der Waals surface area contributed by atoms with Crippen LogP contribution in [0, 0.1) is 0 Å². The molecule has 0 fully saturated rings. The lowest BCUT2D eigenvalue weighted by Crippen LogP contribution is -2.15. The maximum absolute atomic E-state index is 12.4. The van der Waals surface area contributed by atoms with Crippen molar-refractivity contribution in [2.24, 2.45) is 0 Å². The van der Waals surface area contributed by atoms with Crippen molar-refractivity contribution in [3.8, 4) is 11.4 Å². The minimum absolute atomic E-state index is 0.132. The first kappa shape index (κ1) is 22.3. The van der Waals surface area contributed by atoms with E-state index in [9.17, 15) is 4.79 Å². The topological polar surface area (TPSA) is 59.8 Å². The molecule has 0 aliphatic carbocycles. The summed E-state index contributed by atoms with van der Waals surface area (Å²) in [5, 5.41) is 15.0. The quantitative estimate of drug-likeness (QED) is 0.331. The van der Waals surface area contributed by atoms with Crippen LogP contribution in [0.1, 0.15) is 31.6 Å². The lowest BCUT2D eigenvalue weighted by molar-refractivity contribution is -0.113. The van der Waals surface area contributed by atoms with E-state index in [-0.39, 0.29) is 11.7 Å². The van der Waals surface area contributed by atoms with E-state index >= 15 is 0 Å². The monoisotopic (exact) mass is 512 g/mol. The number of nitrogens with one attached hydrogen (secondary N) is 1. The molecule has 0 spiro atoms. The summed E-state index contributed by atoms with van der Waals surface area (Å²) in [5.74, 6) is 0.968. The highest BCUT2D eigenvalue weighted by molar-refractivity contribution is 9.10. The molecule has 5 nitrogen and oxygen atoms in total. The molecule has 1 amide bonds. The van der Waals surface area contributed by atoms with Crippen LogP contribution in [0.4, 0.5) is 5.69 Å². The van der Waals surface area contributed by atoms with E-state index in [0.717, 1.165) is 46.8 Å². The summed E-state index contributed by atoms with van der Waals surface area (Å²) >= 11 is 12.7. The fourth-order valence-corrected chi connectivity index (χ4v) is 5.27. The number of thiophene rings is 1. The Bertz CT molecular complexity index is 989. The standard InChI is InChI=1S/C20H22BrClN4OS2/c1-3-5-15-9-13(11-28-15)19-24-25-20(26(19)8-4-2)29-12-18(27)23-17-7-6-14(21)10-16(17)22/h6-7,9-11H,3-5,8,12H2,1-2H3,(H,23,27). The van der Waals surface area contributed by atoms with Gasteiger partial charge in [0.25, 0.3) is 0 Å². The summed E-state index contributed by atoms with van der Waals surface area (Å²) in [4.78, 5) is 13.7. The van der Waals surface area contributed by atoms with Gasteiger partial charge in [0.2, 0.25) is 5.91 Å². The van der Waals surface area contributed by atoms with Gasteiger partial charge in [0.1, 0.15) is 0 Å². The maximum atomic E-state index is 12.4. The maximum Gasteiger partial charge on any atom is 0.234 e. The van der Waals surface area contributed by atoms with Gasteiger partial charge in [-0.2, -0.15) is 0 Å². The fraction of sp³-hybridized carbons (Fsp3) is 0.350. The predicted molar refractivity (Wildman–Crippen MR) is 126 cm³/mol. The molecule has 9 heteroatoms. The molecule has 0 radical (unpaired) electrons. The molecule has 0 saturated carbocycles. The van der Waals surface area contributed by atoms with Crippen molar-refractivity contribution in [1.82, 2.24) is 14.8 Å². The lowest BCUT2D eigenvalue weighted by Gasteiger charge is -2.09. The van der Waals surface area contributed by atoms with E-state index in [1.807, 2.05) is 6.07 Å². The van der Waals surface area contributed by atoms with E-state index in [4.69, 9.17) is 11.6 Å². The van der Waals surface area contributed by atoms with Gasteiger partial charge >= 0.3 is 0 Å². The third-order valence-electron chi connectivity index (χ3n) is 4.11. The van der Waals surface area contributed by atoms with Gasteiger partial charge in [0.15, 0.2) is 11.0 Å². The number of amides is 1. The molecular weight excluding hydrogens is 492 g/mol. The largest absolute Gasteiger partial charge is 0.324 e. The molecule has 0 saturated heterocycles. The predicted octanol–water partition coefficient (Wildman–Crippen LogP) is 6.52. The minimum Gasteiger partial charge on any atom is -0.324 e. The minimum atomic E-state index is -0.132. The van der Waals surface area contributed by atoms with Gasteiger partial charge in [-0.1, -0.05) is 59.6 Å². The molecule has 1 N–H and O–H groups in total. The summed E-state index contributed by atoms with van der Waals surface area (Å²) in [6, 6.07) is 7.56. The highest BCUT2D eigenvalue weighted by Crippen LogP contribution is 2.29. The number of hydrogen-bond donors (Lipinski definition) is 1. The van der Waals surface area contributed by atoms with Crippen molar-refractivity contribution in [3.63, 3.8) is 0 Å². The van der Waals surface area contributed by atoms with Gasteiger partial charge in [-0.25, -0.2) is 0 Å². The highest BCUT2D eigenvalue weighted by atomic mass is 79.9. The van der Waals surface area contributed by atoms with Gasteiger partial charge in [0.05, 0.1) is 16.5 Å². The summed E-state index contributed by atoms with van der Waals surface area (Å²) in [6.45, 7) is 5.11. The normalized spacial score (nSPS) is 11.0. The van der Waals surface area contributed by atoms with Gasteiger partial charge in [-0.05, 0) is 37.1 Å². The van der Waals surface area contributed by atoms with Crippen molar-refractivity contribution in [2.45, 2.75) is 44.8 Å². The van der Waals surface area contributed by atoms with Gasteiger partial charge in [-0.15, -0.1) is 21.5 Å². The van der Waals surface area contributed by atoms with Gasteiger partial charge < -0.3 is 9.88 Å². The fourth-order valence-electron chi connectivity index (χ4n) is 2.82. The molecule has 1 aromatic carbocycles. The van der Waals surface area contributed by atoms with Crippen molar-refractivity contribution < 1.29 is 4.79 Å². The van der Waals surface area contributed by atoms with Crippen LogP contribution in [-0.2, 0) is 17.8 Å². The van der Waals surface area contributed by atoms with E-state index in [0.29, 0.717) is 10.7 Å². The second kappa shape index (κ2) is 10.6. The van der Waals surface area contributed by atoms with E-state index in [2.05, 4.69) is 61.3 Å². The molecule has 0 bridgehead atoms. The van der Waals surface area contributed by atoms with Gasteiger partial charge in [-0.3, -0.25) is 4.79 Å². The molecule has 0 aliphatic rings. The Morgan fingerprint density at radius 3 is 2.83 bits per heavy atom. The molecule has 154 valence electrons. The Morgan fingerprint density at radius 2 is 2.10 bits per heavy atom. The zero-order chi connectivity index (χ0) is 20.8. The Balaban J connectivity index is 1.70. The van der Waals surface area contributed by atoms with Crippen molar-refractivity contribution in [2.75, 3.05) is 11.1 Å². The molecular formula is C20H22BrClN4OS2. The average molecular weight is 514 g/mol. The summed E-state index contributed by atoms with van der Waals surface area (Å²) in [7, 11) is 0. The zero-order valence-electron chi connectivity index (χ0n) is 16.2. The first-order valence-electron chi connectivity index (χ1n) is 9.40. The van der Waals surface area contributed by atoms with Crippen molar-refractivity contribution >= 4 is 62.2 Å². The molecule has 2 aromatic heterocycles. The third-order valence-corrected chi connectivity index (χ3v) is 6.88. The number of nitrogens with zero attached hydrogens (tertiary/aromatic N) is 3. The molecule has 2 heterocycles. The number of benzene rings is 1. The van der Waals surface area contributed by atoms with Gasteiger partial charge in [0, 0.05) is 26.8 Å². The van der Waals surface area contributed by atoms with E-state index < -0.39 is 0 Å². The number of hydrogen-bond acceptors (Lipinski definition) is 5. The number of anilines is 1. The summed E-state index contributed by atoms with van der Waals surface area (Å²) in [6.07, 6.45) is 3.17. The van der Waals surface area contributed by atoms with Crippen molar-refractivity contribution in [3.05, 3.63) is 44.0 Å². The van der Waals surface area contributed by atoms with E-state index in [1.54, 1.807) is 23.5 Å². The van der Waals surface area contributed by atoms with Crippen LogP contribution < -0.4 is 5.32 Å². The number of rotatable bonds is 9. The highest BCUT2D eigenvalue weighted by Gasteiger charge is 2.17. The Hall–Kier alpha value is -1.35. The molecule has 3 aromatic rings. The number of aryl methyl sites for hydroxylation is 1. The molecule has 29 heavy (non-hydrogen) atoms. The molecule has 0 aliphatic heterocycles. The van der Waals surface area contributed by atoms with Crippen LogP contribution in [-0.4, -0.2) is 26.4 Å². The first-order chi connectivity index (χ1) is 14.0. The number of halogens is 2. The second-order valence-electron chi connectivity index (χ2n) is 6.47.